The van der Waals surface area contributed by atoms with Gasteiger partial charge in [0.25, 0.3) is 0 Å². The van der Waals surface area contributed by atoms with Crippen molar-refractivity contribution in [3.8, 4) is 5.75 Å². The van der Waals surface area contributed by atoms with E-state index in [1.165, 1.54) is 5.56 Å². The van der Waals surface area contributed by atoms with Crippen LogP contribution in [0.25, 0.3) is 0 Å². The molecule has 5 nitrogen and oxygen atoms in total. The largest absolute Gasteiger partial charge is 0.491 e. The first-order chi connectivity index (χ1) is 13.3. The van der Waals surface area contributed by atoms with Gasteiger partial charge < -0.3 is 9.84 Å². The number of aryl methyl sites for hydroxylation is 1. The Morgan fingerprint density at radius 3 is 2.46 bits per heavy atom. The molecular formula is C21H26ClNO4S. The topological polar surface area (TPSA) is 66.8 Å². The molecule has 0 radical (unpaired) electrons. The third kappa shape index (κ3) is 6.21. The van der Waals surface area contributed by atoms with Gasteiger partial charge in [0.05, 0.1) is 11.5 Å². The maximum absolute atomic E-state index is 11.9. The molecule has 0 amide bonds. The van der Waals surface area contributed by atoms with Crippen molar-refractivity contribution in [2.24, 2.45) is 0 Å². The van der Waals surface area contributed by atoms with Crippen LogP contribution in [0.15, 0.2) is 48.5 Å². The Kier molecular flexibility index (Phi) is 6.99. The molecule has 1 fully saturated rings. The third-order valence-electron chi connectivity index (χ3n) is 4.93. The minimum Gasteiger partial charge on any atom is -0.491 e. The molecule has 0 unspecified atom stereocenters. The Morgan fingerprint density at radius 2 is 1.86 bits per heavy atom. The summed E-state index contributed by atoms with van der Waals surface area (Å²) in [6, 6.07) is 15.1. The number of hydrogen-bond donors (Lipinski definition) is 1. The molecule has 1 N–H and O–H groups in total. The van der Waals surface area contributed by atoms with Gasteiger partial charge in [-0.1, -0.05) is 41.4 Å². The quantitative estimate of drug-likeness (QED) is 0.706. The summed E-state index contributed by atoms with van der Waals surface area (Å²) < 4.78 is 29.5. The van der Waals surface area contributed by atoms with Crippen molar-refractivity contribution >= 4 is 21.4 Å². The average Bonchev–Trinajstić information content (AvgIpc) is 3.02. The Labute approximate surface area is 171 Å². The van der Waals surface area contributed by atoms with Gasteiger partial charge in [0.1, 0.15) is 18.5 Å². The van der Waals surface area contributed by atoms with Crippen LogP contribution >= 0.6 is 11.6 Å². The standard InChI is InChI=1S/C21H26ClNO4S/c1-16-2-4-17(5-3-16)12-23(19-10-11-28(25,26)15-19)13-20(24)14-27-21-8-6-18(22)7-9-21/h2-9,19-20,24H,10-15H2,1H3/t19-,20+/m1/s1. The molecule has 2 aromatic rings. The molecule has 0 spiro atoms. The molecule has 1 aliphatic heterocycles. The van der Waals surface area contributed by atoms with Crippen LogP contribution in [0.2, 0.25) is 5.02 Å². The number of rotatable bonds is 8. The maximum Gasteiger partial charge on any atom is 0.151 e. The zero-order valence-electron chi connectivity index (χ0n) is 15.9. The average molecular weight is 424 g/mol. The number of aliphatic hydroxyl groups excluding tert-OH is 1. The number of nitrogens with zero attached hydrogens (tertiary/aromatic N) is 1. The Bertz CT molecular complexity index is 868. The summed E-state index contributed by atoms with van der Waals surface area (Å²) >= 11 is 5.87. The number of halogens is 1. The number of ether oxygens (including phenoxy) is 1. The summed E-state index contributed by atoms with van der Waals surface area (Å²) in [6.07, 6.45) is -0.136. The smallest absolute Gasteiger partial charge is 0.151 e. The first kappa shape index (κ1) is 21.1. The van der Waals surface area contributed by atoms with Crippen LogP contribution in [0.4, 0.5) is 0 Å². The summed E-state index contributed by atoms with van der Waals surface area (Å²) in [7, 11) is -3.00. The van der Waals surface area contributed by atoms with E-state index < -0.39 is 15.9 Å². The Hall–Kier alpha value is -1.60. The highest BCUT2D eigenvalue weighted by Gasteiger charge is 2.33. The van der Waals surface area contributed by atoms with Gasteiger partial charge in [-0.15, -0.1) is 0 Å². The number of sulfone groups is 1. The predicted octanol–water partition coefficient (Wildman–Crippen LogP) is 3.08. The van der Waals surface area contributed by atoms with E-state index >= 15 is 0 Å². The molecule has 7 heteroatoms. The second-order valence-corrected chi connectivity index (χ2v) is 10.1. The molecule has 152 valence electrons. The van der Waals surface area contributed by atoms with Crippen LogP contribution in [-0.2, 0) is 16.4 Å². The summed E-state index contributed by atoms with van der Waals surface area (Å²) in [6.45, 7) is 3.11. The summed E-state index contributed by atoms with van der Waals surface area (Å²) in [5, 5.41) is 11.1. The van der Waals surface area contributed by atoms with E-state index in [-0.39, 0.29) is 24.2 Å². The zero-order chi connectivity index (χ0) is 20.1. The molecule has 0 saturated carbocycles. The van der Waals surface area contributed by atoms with E-state index in [9.17, 15) is 13.5 Å². The highest BCUT2D eigenvalue weighted by molar-refractivity contribution is 7.91. The van der Waals surface area contributed by atoms with Gasteiger partial charge in [-0.05, 0) is 43.2 Å². The molecule has 2 aromatic carbocycles. The first-order valence-corrected chi connectivity index (χ1v) is 11.6. The van der Waals surface area contributed by atoms with Gasteiger partial charge in [-0.25, -0.2) is 8.42 Å². The van der Waals surface area contributed by atoms with Crippen molar-refractivity contribution < 1.29 is 18.3 Å². The van der Waals surface area contributed by atoms with E-state index in [1.807, 2.05) is 31.2 Å². The van der Waals surface area contributed by atoms with Crippen LogP contribution in [0.5, 0.6) is 5.75 Å². The lowest BCUT2D eigenvalue weighted by Crippen LogP contribution is -2.42. The monoisotopic (exact) mass is 423 g/mol. The second kappa shape index (κ2) is 9.27. The maximum atomic E-state index is 11.9. The number of aliphatic hydroxyl groups is 1. The molecule has 2 atom stereocenters. The third-order valence-corrected chi connectivity index (χ3v) is 6.93. The van der Waals surface area contributed by atoms with Crippen LogP contribution in [0.1, 0.15) is 17.5 Å². The van der Waals surface area contributed by atoms with Gasteiger partial charge >= 0.3 is 0 Å². The van der Waals surface area contributed by atoms with Crippen LogP contribution in [0.3, 0.4) is 0 Å². The molecule has 28 heavy (non-hydrogen) atoms. The summed E-state index contributed by atoms with van der Waals surface area (Å²) in [4.78, 5) is 2.06. The van der Waals surface area contributed by atoms with Gasteiger partial charge in [0.15, 0.2) is 9.84 Å². The summed E-state index contributed by atoms with van der Waals surface area (Å²) in [5.74, 6) is 0.986. The Morgan fingerprint density at radius 1 is 1.18 bits per heavy atom. The van der Waals surface area contributed by atoms with Gasteiger partial charge in [-0.2, -0.15) is 0 Å². The molecule has 0 bridgehead atoms. The van der Waals surface area contributed by atoms with Crippen molar-refractivity contribution in [2.45, 2.75) is 32.0 Å². The molecule has 0 aliphatic carbocycles. The highest BCUT2D eigenvalue weighted by atomic mass is 35.5. The van der Waals surface area contributed by atoms with Gasteiger partial charge in [0, 0.05) is 24.2 Å². The first-order valence-electron chi connectivity index (χ1n) is 9.37. The van der Waals surface area contributed by atoms with Crippen molar-refractivity contribution in [3.05, 3.63) is 64.7 Å². The number of benzene rings is 2. The highest BCUT2D eigenvalue weighted by Crippen LogP contribution is 2.21. The fourth-order valence-electron chi connectivity index (χ4n) is 3.38. The van der Waals surface area contributed by atoms with Crippen molar-refractivity contribution in [2.75, 3.05) is 24.7 Å². The zero-order valence-corrected chi connectivity index (χ0v) is 17.5. The molecule has 0 aromatic heterocycles. The fourth-order valence-corrected chi connectivity index (χ4v) is 5.27. The molecule has 3 rings (SSSR count). The lowest BCUT2D eigenvalue weighted by Gasteiger charge is -2.30. The van der Waals surface area contributed by atoms with E-state index in [1.54, 1.807) is 24.3 Å². The minimum atomic E-state index is -3.00. The van der Waals surface area contributed by atoms with E-state index in [2.05, 4.69) is 4.90 Å². The van der Waals surface area contributed by atoms with Gasteiger partial charge in [0.2, 0.25) is 0 Å². The van der Waals surface area contributed by atoms with Crippen molar-refractivity contribution in [1.29, 1.82) is 0 Å². The minimum absolute atomic E-state index is 0.0866. The lowest BCUT2D eigenvalue weighted by atomic mass is 10.1. The van der Waals surface area contributed by atoms with E-state index in [0.717, 1.165) is 5.56 Å². The van der Waals surface area contributed by atoms with E-state index in [0.29, 0.717) is 30.3 Å². The SMILES string of the molecule is Cc1ccc(CN(C[C@H](O)COc2ccc(Cl)cc2)[C@@H]2CCS(=O)(=O)C2)cc1. The van der Waals surface area contributed by atoms with Crippen LogP contribution in [-0.4, -0.2) is 55.2 Å². The van der Waals surface area contributed by atoms with Crippen molar-refractivity contribution in [3.63, 3.8) is 0 Å². The molecule has 1 saturated heterocycles. The summed E-state index contributed by atoms with van der Waals surface area (Å²) in [5.41, 5.74) is 2.27. The Balaban J connectivity index is 1.63. The fraction of sp³-hybridized carbons (Fsp3) is 0.429. The number of hydrogen-bond acceptors (Lipinski definition) is 5. The lowest BCUT2D eigenvalue weighted by molar-refractivity contribution is 0.0525. The van der Waals surface area contributed by atoms with Crippen LogP contribution in [0, 0.1) is 6.92 Å². The predicted molar refractivity (Wildman–Crippen MR) is 112 cm³/mol. The normalized spacial score (nSPS) is 19.6. The molecular weight excluding hydrogens is 398 g/mol. The van der Waals surface area contributed by atoms with Crippen LogP contribution < -0.4 is 4.74 Å². The van der Waals surface area contributed by atoms with Crippen molar-refractivity contribution in [1.82, 2.24) is 4.90 Å². The van der Waals surface area contributed by atoms with E-state index in [4.69, 9.17) is 16.3 Å². The molecule has 1 heterocycles. The second-order valence-electron chi connectivity index (χ2n) is 7.39. The van der Waals surface area contributed by atoms with Gasteiger partial charge in [-0.3, -0.25) is 4.90 Å². The molecule has 1 aliphatic rings.